The summed E-state index contributed by atoms with van der Waals surface area (Å²) in [6.45, 7) is 17.6. The Morgan fingerprint density at radius 3 is 1.76 bits per heavy atom. The van der Waals surface area contributed by atoms with Gasteiger partial charge in [-0.2, -0.15) is 18.2 Å². The van der Waals surface area contributed by atoms with Gasteiger partial charge in [-0.1, -0.05) is 231 Å². The molecule has 0 bridgehead atoms. The van der Waals surface area contributed by atoms with Gasteiger partial charge in [-0.25, -0.2) is 4.98 Å². The Bertz CT molecular complexity index is 5140. The number of hydrogen-bond acceptors (Lipinski definition) is 2. The van der Waals surface area contributed by atoms with Gasteiger partial charge >= 0.3 is 0 Å². The summed E-state index contributed by atoms with van der Waals surface area (Å²) in [6, 6.07) is 19.1. The van der Waals surface area contributed by atoms with Crippen LogP contribution < -0.4 is 30.1 Å². The zero-order valence-electron chi connectivity index (χ0n) is 64.8. The smallest absolute Gasteiger partial charge is 0.268 e. The number of fused-ring (bicyclic) bond motifs is 4. The Labute approximate surface area is 509 Å². The zero-order valence-corrected chi connectivity index (χ0v) is 48.1. The van der Waals surface area contributed by atoms with Gasteiger partial charge in [0.1, 0.15) is 5.82 Å². The third kappa shape index (κ3) is 9.70. The first kappa shape index (κ1) is 34.2. The molecular weight excluding hydrogens is 1160 g/mol. The van der Waals surface area contributed by atoms with Gasteiger partial charge in [0.2, 0.25) is 0 Å². The van der Waals surface area contributed by atoms with Crippen LogP contribution in [0.3, 0.4) is 0 Å². The van der Waals surface area contributed by atoms with Crippen molar-refractivity contribution in [1.29, 1.82) is 0 Å². The maximum absolute atomic E-state index is 10.1. The molecule has 0 saturated carbocycles. The molecular formula is C72H64N4OPtSi-2. The van der Waals surface area contributed by atoms with Crippen LogP contribution >= 0.6 is 0 Å². The quantitative estimate of drug-likeness (QED) is 0.0592. The van der Waals surface area contributed by atoms with Gasteiger partial charge in [0.25, 0.3) is 6.33 Å². The third-order valence-corrected chi connectivity index (χ3v) is 18.3. The average Bonchev–Trinajstić information content (AvgIpc) is 1.42. The van der Waals surface area contributed by atoms with Crippen molar-refractivity contribution < 1.29 is 57.8 Å². The van der Waals surface area contributed by atoms with Crippen molar-refractivity contribution in [1.82, 2.24) is 14.1 Å². The molecule has 0 saturated heterocycles. The Hall–Kier alpha value is -7.89. The van der Waals surface area contributed by atoms with Gasteiger partial charge in [0.05, 0.1) is 44.1 Å². The van der Waals surface area contributed by atoms with Gasteiger partial charge in [-0.05, 0) is 100 Å². The predicted octanol–water partition coefficient (Wildman–Crippen LogP) is 14.5. The van der Waals surface area contributed by atoms with E-state index in [4.69, 9.17) is 20.7 Å². The molecule has 3 heterocycles. The topological polar surface area (TPSA) is 35.9 Å². The summed E-state index contributed by atoms with van der Waals surface area (Å²) < 4.78 is 200. The van der Waals surface area contributed by atoms with Crippen LogP contribution in [0.25, 0.3) is 61.2 Å². The molecule has 7 heteroatoms. The number of ether oxygens (including phenoxy) is 1. The van der Waals surface area contributed by atoms with E-state index in [2.05, 4.69) is 39.2 Å². The largest absolute Gasteiger partial charge is 0.510 e. The number of aromatic nitrogens is 4. The molecule has 9 aromatic carbocycles. The van der Waals surface area contributed by atoms with E-state index in [0.717, 1.165) is 21.9 Å². The van der Waals surface area contributed by atoms with E-state index in [-0.39, 0.29) is 76.7 Å². The fourth-order valence-electron chi connectivity index (χ4n) is 10.2. The van der Waals surface area contributed by atoms with Gasteiger partial charge in [0.15, 0.2) is 8.07 Å². The predicted molar refractivity (Wildman–Crippen MR) is 325 cm³/mol. The number of benzene rings is 9. The van der Waals surface area contributed by atoms with Crippen molar-refractivity contribution in [3.05, 3.63) is 259 Å². The van der Waals surface area contributed by atoms with E-state index in [1.807, 2.05) is 94.6 Å². The molecule has 0 unspecified atom stereocenters. The number of rotatable bonds is 10. The second-order valence-electron chi connectivity index (χ2n) is 22.2. The number of pyridine rings is 1. The van der Waals surface area contributed by atoms with E-state index < -0.39 is 155 Å². The van der Waals surface area contributed by atoms with Gasteiger partial charge in [0, 0.05) is 44.3 Å². The van der Waals surface area contributed by atoms with Crippen molar-refractivity contribution in [2.24, 2.45) is 0 Å². The molecule has 12 aromatic rings. The summed E-state index contributed by atoms with van der Waals surface area (Å²) in [6.07, 6.45) is 5.29. The maximum atomic E-state index is 10.1. The van der Waals surface area contributed by atoms with Crippen LogP contribution in [0.5, 0.6) is 11.5 Å². The molecule has 0 spiro atoms. The van der Waals surface area contributed by atoms with Crippen LogP contribution in [0.1, 0.15) is 106 Å². The second-order valence-corrected chi connectivity index (χ2v) is 25.8. The fraction of sp³-hybridized carbons (Fsp3) is 0.167. The average molecular weight is 1240 g/mol. The molecule has 0 aliphatic heterocycles. The standard InChI is InChI=1S/C72H64N4OSi.Pt/c1-70(2,3)52-41-42-73-68(46-52)76-63-36-23-22-35-60(63)61-39-38-56(48-65(61)76)77-55-28-24-27-54(47-55)74-49-75(64-40-37-51(43-66(64)74)50-25-14-10-15-26-50)69-62(72(7,8)9)44-53(71(4,5)6)45-67(69)78(57-29-16-11-17-30-57,58-31-18-12-19-32-58)59-33-20-13-21-34-59;/h10-46H,1-9H3;/q-2;/i10D,11D,12D,13D,14D,15D,16D,17D,18D,19D,20D,21D,25D,26D,29D,30D,31D,32D,33D,34D;. The zero-order chi connectivity index (χ0) is 71.4. The minimum atomic E-state index is -5.94. The van der Waals surface area contributed by atoms with E-state index in [1.54, 1.807) is 57.8 Å². The van der Waals surface area contributed by atoms with Gasteiger partial charge in [-0.3, -0.25) is 4.57 Å². The Balaban J connectivity index is 0.00000990. The van der Waals surface area contributed by atoms with E-state index in [9.17, 15) is 16.4 Å². The molecule has 0 amide bonds. The van der Waals surface area contributed by atoms with Gasteiger partial charge < -0.3 is 13.9 Å². The summed E-state index contributed by atoms with van der Waals surface area (Å²) in [5, 5.41) is -0.391. The van der Waals surface area contributed by atoms with Crippen molar-refractivity contribution in [3.63, 3.8) is 0 Å². The summed E-state index contributed by atoms with van der Waals surface area (Å²) in [7, 11) is -5.94. The summed E-state index contributed by atoms with van der Waals surface area (Å²) >= 11 is 0. The van der Waals surface area contributed by atoms with Crippen molar-refractivity contribution in [2.45, 2.75) is 78.6 Å². The number of imidazole rings is 1. The molecule has 3 aromatic heterocycles. The molecule has 0 aliphatic rings. The van der Waals surface area contributed by atoms with E-state index in [0.29, 0.717) is 22.5 Å². The van der Waals surface area contributed by atoms with Crippen LogP contribution in [-0.4, -0.2) is 22.2 Å². The molecule has 0 N–H and O–H groups in total. The van der Waals surface area contributed by atoms with Crippen LogP contribution in [0.4, 0.5) is 0 Å². The Morgan fingerprint density at radius 2 is 1.14 bits per heavy atom. The monoisotopic (exact) mass is 1240 g/mol. The fourth-order valence-corrected chi connectivity index (χ4v) is 14.2. The molecule has 0 radical (unpaired) electrons. The molecule has 0 aliphatic carbocycles. The van der Waals surface area contributed by atoms with Crippen molar-refractivity contribution >= 4 is 61.7 Å². The van der Waals surface area contributed by atoms with Crippen LogP contribution in [-0.2, 0) is 37.3 Å². The SMILES string of the molecule is [2H]c1c([2H])c([2H])c(-c2ccc3c(c2)n(-c2[c-]c(Oc4[c-]c5c(cc4)c4ccccc4n5-c4cc(C(C)(C)C)ccn4)ccc2)[c-][n+]3-c2c(C(C)(C)C)cc(C(C)(C)C)cc2[Si](c2c([2H])c([2H])c([2H])c([2H])c2[2H])(c2c([2H])c([2H])c([2H])c([2H])c2[2H])c2c([2H])c([2H])c([2H])c([2H])c2[2H])c([2H])c1[2H].[Pt]. The molecule has 394 valence electrons. The first-order valence-corrected chi connectivity index (χ1v) is 27.5. The van der Waals surface area contributed by atoms with Crippen LogP contribution in [0.15, 0.2) is 224 Å². The second kappa shape index (κ2) is 20.7. The number of para-hydroxylation sites is 1. The Kier molecular flexibility index (Phi) is 8.97. The summed E-state index contributed by atoms with van der Waals surface area (Å²) in [5.74, 6) is 1.12. The minimum Gasteiger partial charge on any atom is -0.510 e. The van der Waals surface area contributed by atoms with Crippen LogP contribution in [0, 0.1) is 18.5 Å². The Morgan fingerprint density at radius 1 is 0.532 bits per heavy atom. The first-order chi connectivity index (χ1) is 45.8. The molecule has 0 atom stereocenters. The third-order valence-electron chi connectivity index (χ3n) is 14.1. The first-order valence-electron chi connectivity index (χ1n) is 35.5. The summed E-state index contributed by atoms with van der Waals surface area (Å²) in [5.41, 5.74) is 1.94. The van der Waals surface area contributed by atoms with E-state index >= 15 is 0 Å². The number of nitrogens with zero attached hydrogens (tertiary/aromatic N) is 4. The molecule has 0 fully saturated rings. The van der Waals surface area contributed by atoms with E-state index in [1.165, 1.54) is 6.07 Å². The molecule has 79 heavy (non-hydrogen) atoms. The van der Waals surface area contributed by atoms with Crippen molar-refractivity contribution in [3.8, 4) is 39.8 Å². The van der Waals surface area contributed by atoms with Crippen LogP contribution in [0.2, 0.25) is 0 Å². The maximum Gasteiger partial charge on any atom is 0.268 e. The summed E-state index contributed by atoms with van der Waals surface area (Å²) in [4.78, 5) is 4.83. The molecule has 12 rings (SSSR count). The molecule has 5 nitrogen and oxygen atoms in total. The normalized spacial score (nSPS) is 15.8. The van der Waals surface area contributed by atoms with Crippen molar-refractivity contribution in [2.75, 3.05) is 0 Å². The minimum absolute atomic E-state index is 0. The number of hydrogen-bond donors (Lipinski definition) is 0. The van der Waals surface area contributed by atoms with Gasteiger partial charge in [-0.15, -0.1) is 29.7 Å².